The minimum atomic E-state index is -0.256. The van der Waals surface area contributed by atoms with E-state index < -0.39 is 0 Å². The average Bonchev–Trinajstić information content (AvgIpc) is 2.15. The number of aromatic nitrogens is 1. The molecule has 0 aliphatic carbocycles. The second kappa shape index (κ2) is 4.89. The lowest BCUT2D eigenvalue weighted by Crippen LogP contribution is -2.53. The minimum absolute atomic E-state index is 0.256. The molecule has 2 atom stereocenters. The summed E-state index contributed by atoms with van der Waals surface area (Å²) in [5.41, 5.74) is 0.946. The molecule has 1 aromatic heterocycles. The Labute approximate surface area is 95.7 Å². The van der Waals surface area contributed by atoms with E-state index in [0.29, 0.717) is 12.1 Å². The van der Waals surface area contributed by atoms with Crippen LogP contribution >= 0.6 is 0 Å². The number of rotatable bonds is 2. The fraction of sp³-hybridized carbons (Fsp3) is 0.583. The largest absolute Gasteiger partial charge is 0.309 e. The van der Waals surface area contributed by atoms with E-state index in [9.17, 15) is 4.39 Å². The van der Waals surface area contributed by atoms with Crippen LogP contribution in [0, 0.1) is 5.82 Å². The zero-order chi connectivity index (χ0) is 11.5. The van der Waals surface area contributed by atoms with Crippen molar-refractivity contribution in [2.24, 2.45) is 0 Å². The highest BCUT2D eigenvalue weighted by Gasteiger charge is 2.20. The fourth-order valence-corrected chi connectivity index (χ4v) is 2.37. The lowest BCUT2D eigenvalue weighted by atomic mass is 10.1. The summed E-state index contributed by atoms with van der Waals surface area (Å²) in [6, 6.07) is 2.54. The van der Waals surface area contributed by atoms with Crippen LogP contribution in [-0.2, 0) is 6.54 Å². The van der Waals surface area contributed by atoms with Gasteiger partial charge in [-0.15, -0.1) is 0 Å². The Bertz CT molecular complexity index is 346. The molecule has 1 N–H and O–H groups in total. The average molecular weight is 223 g/mol. The van der Waals surface area contributed by atoms with Crippen LogP contribution in [0.25, 0.3) is 0 Å². The Morgan fingerprint density at radius 2 is 2.06 bits per heavy atom. The topological polar surface area (TPSA) is 28.2 Å². The molecule has 2 unspecified atom stereocenters. The van der Waals surface area contributed by atoms with Crippen molar-refractivity contribution in [1.29, 1.82) is 0 Å². The Balaban J connectivity index is 1.98. The lowest BCUT2D eigenvalue weighted by molar-refractivity contribution is 0.166. The molecular weight excluding hydrogens is 205 g/mol. The Morgan fingerprint density at radius 1 is 1.38 bits per heavy atom. The summed E-state index contributed by atoms with van der Waals surface area (Å²) >= 11 is 0. The molecule has 1 fully saturated rings. The van der Waals surface area contributed by atoms with Gasteiger partial charge in [-0.1, -0.05) is 0 Å². The van der Waals surface area contributed by atoms with Crippen molar-refractivity contribution in [3.05, 3.63) is 29.8 Å². The molecule has 16 heavy (non-hydrogen) atoms. The number of nitrogens with zero attached hydrogens (tertiary/aromatic N) is 2. The normalized spacial score (nSPS) is 26.9. The first-order chi connectivity index (χ1) is 7.63. The van der Waals surface area contributed by atoms with E-state index in [1.54, 1.807) is 12.3 Å². The molecule has 88 valence electrons. The molecule has 2 heterocycles. The maximum absolute atomic E-state index is 13.0. The highest BCUT2D eigenvalue weighted by atomic mass is 19.1. The Kier molecular flexibility index (Phi) is 3.51. The number of nitrogens with one attached hydrogen (secondary N) is 1. The molecular formula is C12H18FN3. The van der Waals surface area contributed by atoms with Crippen LogP contribution in [0.2, 0.25) is 0 Å². The second-order valence-corrected chi connectivity index (χ2v) is 4.67. The van der Waals surface area contributed by atoms with Gasteiger partial charge in [0.1, 0.15) is 5.82 Å². The highest BCUT2D eigenvalue weighted by molar-refractivity contribution is 5.10. The van der Waals surface area contributed by atoms with Gasteiger partial charge in [0.2, 0.25) is 0 Å². The first-order valence-corrected chi connectivity index (χ1v) is 5.71. The predicted octanol–water partition coefficient (Wildman–Crippen LogP) is 1.40. The summed E-state index contributed by atoms with van der Waals surface area (Å²) in [5.74, 6) is -0.256. The quantitative estimate of drug-likeness (QED) is 0.821. The number of pyridine rings is 1. The number of hydrogen-bond acceptors (Lipinski definition) is 3. The predicted molar refractivity (Wildman–Crippen MR) is 61.5 cm³/mol. The summed E-state index contributed by atoms with van der Waals surface area (Å²) in [6.07, 6.45) is 2.98. The number of hydrogen-bond donors (Lipinski definition) is 1. The van der Waals surface area contributed by atoms with Crippen LogP contribution in [0.15, 0.2) is 18.5 Å². The van der Waals surface area contributed by atoms with Crippen molar-refractivity contribution < 1.29 is 4.39 Å². The van der Waals surface area contributed by atoms with Crippen molar-refractivity contribution in [3.63, 3.8) is 0 Å². The van der Waals surface area contributed by atoms with Crippen LogP contribution in [0.4, 0.5) is 4.39 Å². The van der Waals surface area contributed by atoms with Crippen LogP contribution in [0.3, 0.4) is 0 Å². The van der Waals surface area contributed by atoms with E-state index in [0.717, 1.165) is 25.2 Å². The molecule has 3 nitrogen and oxygen atoms in total. The van der Waals surface area contributed by atoms with Gasteiger partial charge in [0.25, 0.3) is 0 Å². The first-order valence-electron chi connectivity index (χ1n) is 5.71. The van der Waals surface area contributed by atoms with Crippen molar-refractivity contribution in [3.8, 4) is 0 Å². The van der Waals surface area contributed by atoms with E-state index in [1.165, 1.54) is 6.20 Å². The van der Waals surface area contributed by atoms with E-state index >= 15 is 0 Å². The standard InChI is InChI=1S/C12H18FN3/c1-9-6-16(7-10(2)15-9)8-11-3-12(13)5-14-4-11/h3-5,9-10,15H,6-8H2,1-2H3. The molecule has 4 heteroatoms. The van der Waals surface area contributed by atoms with E-state index in [-0.39, 0.29) is 5.82 Å². The van der Waals surface area contributed by atoms with Crippen molar-refractivity contribution >= 4 is 0 Å². The van der Waals surface area contributed by atoms with E-state index in [1.807, 2.05) is 0 Å². The van der Waals surface area contributed by atoms with Gasteiger partial charge in [-0.05, 0) is 25.5 Å². The number of halogens is 1. The van der Waals surface area contributed by atoms with Gasteiger partial charge in [0.15, 0.2) is 0 Å². The van der Waals surface area contributed by atoms with Gasteiger partial charge in [-0.3, -0.25) is 9.88 Å². The summed E-state index contributed by atoms with van der Waals surface area (Å²) in [6.45, 7) is 7.13. The van der Waals surface area contributed by atoms with Crippen LogP contribution in [0.5, 0.6) is 0 Å². The molecule has 1 aliphatic rings. The van der Waals surface area contributed by atoms with Gasteiger partial charge in [0.05, 0.1) is 6.20 Å². The Hall–Kier alpha value is -1.00. The van der Waals surface area contributed by atoms with Crippen molar-refractivity contribution in [2.45, 2.75) is 32.5 Å². The summed E-state index contributed by atoms with van der Waals surface area (Å²) in [5, 5.41) is 3.47. The number of piperazine rings is 1. The van der Waals surface area contributed by atoms with Gasteiger partial charge >= 0.3 is 0 Å². The Morgan fingerprint density at radius 3 is 2.69 bits per heavy atom. The third kappa shape index (κ3) is 3.00. The van der Waals surface area contributed by atoms with Gasteiger partial charge < -0.3 is 5.32 Å². The van der Waals surface area contributed by atoms with Gasteiger partial charge in [0, 0.05) is 37.9 Å². The molecule has 1 aliphatic heterocycles. The smallest absolute Gasteiger partial charge is 0.141 e. The highest BCUT2D eigenvalue weighted by Crippen LogP contribution is 2.10. The zero-order valence-electron chi connectivity index (χ0n) is 9.78. The maximum atomic E-state index is 13.0. The third-order valence-electron chi connectivity index (χ3n) is 2.80. The van der Waals surface area contributed by atoms with Crippen LogP contribution in [-0.4, -0.2) is 35.1 Å². The lowest BCUT2D eigenvalue weighted by Gasteiger charge is -2.36. The molecule has 0 radical (unpaired) electrons. The fourth-order valence-electron chi connectivity index (χ4n) is 2.37. The van der Waals surface area contributed by atoms with Crippen LogP contribution < -0.4 is 5.32 Å². The SMILES string of the molecule is CC1CN(Cc2cncc(F)c2)CC(C)N1. The zero-order valence-corrected chi connectivity index (χ0v) is 9.78. The molecule has 1 saturated heterocycles. The van der Waals surface area contributed by atoms with Crippen molar-refractivity contribution in [1.82, 2.24) is 15.2 Å². The molecule has 0 amide bonds. The van der Waals surface area contributed by atoms with Crippen LogP contribution in [0.1, 0.15) is 19.4 Å². The first kappa shape index (κ1) is 11.5. The summed E-state index contributed by atoms with van der Waals surface area (Å²) in [7, 11) is 0. The van der Waals surface area contributed by atoms with Gasteiger partial charge in [-0.25, -0.2) is 4.39 Å². The summed E-state index contributed by atoms with van der Waals surface area (Å²) in [4.78, 5) is 6.21. The molecule has 1 aromatic rings. The maximum Gasteiger partial charge on any atom is 0.141 e. The third-order valence-corrected chi connectivity index (χ3v) is 2.80. The van der Waals surface area contributed by atoms with E-state index in [4.69, 9.17) is 0 Å². The monoisotopic (exact) mass is 223 g/mol. The van der Waals surface area contributed by atoms with E-state index in [2.05, 4.69) is 29.0 Å². The second-order valence-electron chi connectivity index (χ2n) is 4.67. The molecule has 0 bridgehead atoms. The molecule has 0 aromatic carbocycles. The summed E-state index contributed by atoms with van der Waals surface area (Å²) < 4.78 is 13.0. The van der Waals surface area contributed by atoms with Gasteiger partial charge in [-0.2, -0.15) is 0 Å². The van der Waals surface area contributed by atoms with Crippen molar-refractivity contribution in [2.75, 3.05) is 13.1 Å². The minimum Gasteiger partial charge on any atom is -0.309 e. The molecule has 2 rings (SSSR count). The molecule has 0 spiro atoms. The molecule has 0 saturated carbocycles.